The van der Waals surface area contributed by atoms with Gasteiger partial charge in [-0.25, -0.2) is 4.68 Å². The normalized spacial score (nSPS) is 13.9. The van der Waals surface area contributed by atoms with Crippen LogP contribution in [0.15, 0.2) is 30.5 Å². The minimum absolute atomic E-state index is 0.117. The molecular formula is C15H12F3N5O4. The van der Waals surface area contributed by atoms with Crippen LogP contribution < -0.4 is 10.9 Å². The van der Waals surface area contributed by atoms with Crippen molar-refractivity contribution in [1.82, 2.24) is 20.6 Å². The van der Waals surface area contributed by atoms with Gasteiger partial charge < -0.3 is 0 Å². The number of non-ortho nitro benzene ring substituents is 1. The molecule has 1 aliphatic carbocycles. The Morgan fingerprint density at radius 1 is 1.19 bits per heavy atom. The Kier molecular flexibility index (Phi) is 4.56. The van der Waals surface area contributed by atoms with E-state index < -0.39 is 34.2 Å². The number of nitrogens with one attached hydrogen (secondary N) is 2. The molecule has 1 aromatic carbocycles. The Balaban J connectivity index is 1.90. The predicted octanol–water partition coefficient (Wildman–Crippen LogP) is 1.97. The van der Waals surface area contributed by atoms with Crippen LogP contribution >= 0.6 is 0 Å². The highest BCUT2D eigenvalue weighted by Crippen LogP contribution is 2.34. The first-order valence-corrected chi connectivity index (χ1v) is 7.68. The fourth-order valence-electron chi connectivity index (χ4n) is 2.33. The third-order valence-corrected chi connectivity index (χ3v) is 3.83. The average molecular weight is 383 g/mol. The van der Waals surface area contributed by atoms with Gasteiger partial charge in [0.15, 0.2) is 5.69 Å². The van der Waals surface area contributed by atoms with E-state index in [0.29, 0.717) is 23.7 Å². The summed E-state index contributed by atoms with van der Waals surface area (Å²) < 4.78 is 40.9. The van der Waals surface area contributed by atoms with Crippen LogP contribution in [0.4, 0.5) is 18.9 Å². The number of carbonyl (C=O) groups is 2. The van der Waals surface area contributed by atoms with Gasteiger partial charge >= 0.3 is 6.18 Å². The highest BCUT2D eigenvalue weighted by molar-refractivity contribution is 5.96. The molecule has 2 amide bonds. The zero-order valence-electron chi connectivity index (χ0n) is 13.5. The van der Waals surface area contributed by atoms with Gasteiger partial charge in [0.05, 0.1) is 22.4 Å². The molecule has 2 aromatic rings. The van der Waals surface area contributed by atoms with E-state index in [4.69, 9.17) is 0 Å². The molecule has 9 nitrogen and oxygen atoms in total. The molecule has 0 aliphatic heterocycles. The van der Waals surface area contributed by atoms with Gasteiger partial charge in [0.1, 0.15) is 0 Å². The van der Waals surface area contributed by atoms with Crippen LogP contribution in [0.3, 0.4) is 0 Å². The minimum atomic E-state index is -4.94. The van der Waals surface area contributed by atoms with Crippen LogP contribution in [-0.2, 0) is 11.0 Å². The molecule has 1 aliphatic rings. The average Bonchev–Trinajstić information content (AvgIpc) is 3.36. The summed E-state index contributed by atoms with van der Waals surface area (Å²) in [6, 6.07) is 4.20. The van der Waals surface area contributed by atoms with Crippen LogP contribution in [0.1, 0.15) is 28.9 Å². The number of carbonyl (C=O) groups excluding carboxylic acids is 2. The largest absolute Gasteiger partial charge is 0.434 e. The van der Waals surface area contributed by atoms with Crippen LogP contribution in [0.25, 0.3) is 5.69 Å². The van der Waals surface area contributed by atoms with Gasteiger partial charge in [0.2, 0.25) is 5.91 Å². The number of halogens is 3. The van der Waals surface area contributed by atoms with Gasteiger partial charge in [-0.15, -0.1) is 0 Å². The standard InChI is InChI=1S/C15H12F3N5O4/c16-15(17,18)12-11(14(25)21-20-13(24)8-1-2-8)7-19-22(12)9-3-5-10(6-4-9)23(26)27/h3-8H,1-2H2,(H,20,24)(H,21,25). The number of hydrazine groups is 1. The lowest BCUT2D eigenvalue weighted by atomic mass is 10.2. The summed E-state index contributed by atoms with van der Waals surface area (Å²) in [4.78, 5) is 33.6. The quantitative estimate of drug-likeness (QED) is 0.618. The molecule has 1 aromatic heterocycles. The van der Waals surface area contributed by atoms with Crippen molar-refractivity contribution in [2.45, 2.75) is 19.0 Å². The highest BCUT2D eigenvalue weighted by Gasteiger charge is 2.41. The molecule has 1 saturated carbocycles. The monoisotopic (exact) mass is 383 g/mol. The second-order valence-corrected chi connectivity index (χ2v) is 5.81. The lowest BCUT2D eigenvalue weighted by molar-refractivity contribution is -0.384. The molecule has 0 bridgehead atoms. The highest BCUT2D eigenvalue weighted by atomic mass is 19.4. The number of rotatable bonds is 4. The van der Waals surface area contributed by atoms with E-state index in [9.17, 15) is 32.9 Å². The maximum Gasteiger partial charge on any atom is 0.434 e. The first-order chi connectivity index (χ1) is 12.7. The maximum atomic E-state index is 13.5. The van der Waals surface area contributed by atoms with Crippen LogP contribution in [0.2, 0.25) is 0 Å². The van der Waals surface area contributed by atoms with E-state index in [-0.39, 0.29) is 17.3 Å². The lowest BCUT2D eigenvalue weighted by Crippen LogP contribution is -2.42. The predicted molar refractivity (Wildman–Crippen MR) is 83.6 cm³/mol. The van der Waals surface area contributed by atoms with Crippen molar-refractivity contribution in [3.8, 4) is 5.69 Å². The van der Waals surface area contributed by atoms with Gasteiger partial charge in [-0.2, -0.15) is 18.3 Å². The number of hydrogen-bond acceptors (Lipinski definition) is 5. The molecule has 142 valence electrons. The molecule has 0 radical (unpaired) electrons. The van der Waals surface area contributed by atoms with Crippen LogP contribution in [0.5, 0.6) is 0 Å². The first-order valence-electron chi connectivity index (χ1n) is 7.68. The number of hydrogen-bond donors (Lipinski definition) is 2. The number of alkyl halides is 3. The topological polar surface area (TPSA) is 119 Å². The molecule has 3 rings (SSSR count). The van der Waals surface area contributed by atoms with Crippen molar-refractivity contribution in [1.29, 1.82) is 0 Å². The second kappa shape index (κ2) is 6.70. The Labute approximate surface area is 149 Å². The van der Waals surface area contributed by atoms with Gasteiger partial charge in [-0.3, -0.25) is 30.6 Å². The minimum Gasteiger partial charge on any atom is -0.273 e. The number of nitro benzene ring substituents is 1. The second-order valence-electron chi connectivity index (χ2n) is 5.81. The summed E-state index contributed by atoms with van der Waals surface area (Å²) in [5.41, 5.74) is 1.43. The van der Waals surface area contributed by atoms with Gasteiger partial charge in [-0.1, -0.05) is 0 Å². The summed E-state index contributed by atoms with van der Waals surface area (Å²) in [6.45, 7) is 0. The summed E-state index contributed by atoms with van der Waals surface area (Å²) in [7, 11) is 0. The van der Waals surface area contributed by atoms with E-state index in [1.807, 2.05) is 5.43 Å². The zero-order chi connectivity index (χ0) is 19.8. The summed E-state index contributed by atoms with van der Waals surface area (Å²) >= 11 is 0. The summed E-state index contributed by atoms with van der Waals surface area (Å²) in [6.07, 6.45) is -2.91. The maximum absolute atomic E-state index is 13.5. The number of nitro groups is 1. The molecule has 1 fully saturated rings. The van der Waals surface area contributed by atoms with Crippen LogP contribution in [-0.4, -0.2) is 26.5 Å². The van der Waals surface area contributed by atoms with E-state index in [0.717, 1.165) is 24.3 Å². The lowest BCUT2D eigenvalue weighted by Gasteiger charge is -2.13. The molecule has 0 unspecified atom stereocenters. The van der Waals surface area contributed by atoms with Crippen molar-refractivity contribution >= 4 is 17.5 Å². The molecular weight excluding hydrogens is 371 g/mol. The molecule has 27 heavy (non-hydrogen) atoms. The molecule has 1 heterocycles. The van der Waals surface area contributed by atoms with E-state index in [1.54, 1.807) is 0 Å². The van der Waals surface area contributed by atoms with Gasteiger partial charge in [0.25, 0.3) is 11.6 Å². The van der Waals surface area contributed by atoms with Crippen molar-refractivity contribution in [2.75, 3.05) is 0 Å². The third-order valence-electron chi connectivity index (χ3n) is 3.83. The van der Waals surface area contributed by atoms with Gasteiger partial charge in [0, 0.05) is 18.1 Å². The van der Waals surface area contributed by atoms with Crippen molar-refractivity contribution in [2.24, 2.45) is 5.92 Å². The molecule has 2 N–H and O–H groups in total. The number of aromatic nitrogens is 2. The smallest absolute Gasteiger partial charge is 0.273 e. The Bertz CT molecular complexity index is 903. The molecule has 0 atom stereocenters. The number of benzene rings is 1. The Hall–Kier alpha value is -3.44. The number of amides is 2. The van der Waals surface area contributed by atoms with Crippen LogP contribution in [0, 0.1) is 16.0 Å². The van der Waals surface area contributed by atoms with Gasteiger partial charge in [-0.05, 0) is 25.0 Å². The summed E-state index contributed by atoms with van der Waals surface area (Å²) in [5, 5.41) is 14.2. The Morgan fingerprint density at radius 3 is 2.33 bits per heavy atom. The van der Waals surface area contributed by atoms with E-state index in [2.05, 4.69) is 10.5 Å². The third kappa shape index (κ3) is 3.88. The summed E-state index contributed by atoms with van der Waals surface area (Å²) in [5.74, 6) is -1.89. The van der Waals surface area contributed by atoms with Crippen molar-refractivity contribution < 1.29 is 27.7 Å². The number of nitrogens with zero attached hydrogens (tertiary/aromatic N) is 3. The SMILES string of the molecule is O=C(NNC(=O)C1CC1)c1cnn(-c2ccc([N+](=O)[O-])cc2)c1C(F)(F)F. The molecule has 0 saturated heterocycles. The molecule has 0 spiro atoms. The van der Waals surface area contributed by atoms with Crippen molar-refractivity contribution in [3.63, 3.8) is 0 Å². The fourth-order valence-corrected chi connectivity index (χ4v) is 2.33. The van der Waals surface area contributed by atoms with E-state index >= 15 is 0 Å². The first kappa shape index (κ1) is 18.4. The Morgan fingerprint density at radius 2 is 1.81 bits per heavy atom. The zero-order valence-corrected chi connectivity index (χ0v) is 13.5. The van der Waals surface area contributed by atoms with E-state index in [1.165, 1.54) is 0 Å². The fraction of sp³-hybridized carbons (Fsp3) is 0.267. The molecule has 12 heteroatoms. The van der Waals surface area contributed by atoms with Crippen molar-refractivity contribution in [3.05, 3.63) is 51.8 Å².